The summed E-state index contributed by atoms with van der Waals surface area (Å²) in [5.74, 6) is -1.05. The van der Waals surface area contributed by atoms with E-state index in [2.05, 4.69) is 15.3 Å². The van der Waals surface area contributed by atoms with Crippen molar-refractivity contribution in [2.45, 2.75) is 6.04 Å². The average molecular weight is 237 g/mol. The van der Waals surface area contributed by atoms with Crippen molar-refractivity contribution in [3.05, 3.63) is 46.1 Å². The maximum atomic E-state index is 13.0. The first-order valence-corrected chi connectivity index (χ1v) is 4.94. The maximum Gasteiger partial charge on any atom is 0.239 e. The number of nitrogens with one attached hydrogen (secondary N) is 1. The zero-order valence-corrected chi connectivity index (χ0v) is 9.01. The Labute approximate surface area is 97.2 Å². The van der Waals surface area contributed by atoms with Crippen LogP contribution >= 0.6 is 0 Å². The van der Waals surface area contributed by atoms with E-state index in [4.69, 9.17) is 11.3 Å². The summed E-state index contributed by atoms with van der Waals surface area (Å²) in [5.41, 5.74) is 13.7. The van der Waals surface area contributed by atoms with Gasteiger partial charge in [0.1, 0.15) is 11.9 Å². The van der Waals surface area contributed by atoms with Crippen molar-refractivity contribution in [2.24, 2.45) is 10.8 Å². The van der Waals surface area contributed by atoms with E-state index in [0.29, 0.717) is 5.56 Å². The molecule has 1 aromatic rings. The minimum atomic E-state index is -0.792. The molecular formula is C10H12FN5O. The van der Waals surface area contributed by atoms with Crippen LogP contribution in [0.3, 0.4) is 0 Å². The molecular weight excluding hydrogens is 225 g/mol. The zero-order valence-electron chi connectivity index (χ0n) is 9.01. The van der Waals surface area contributed by atoms with Gasteiger partial charge < -0.3 is 11.1 Å². The van der Waals surface area contributed by atoms with Crippen LogP contribution in [0.1, 0.15) is 11.6 Å². The Balaban J connectivity index is 2.72. The summed E-state index contributed by atoms with van der Waals surface area (Å²) < 4.78 is 13.0. The summed E-state index contributed by atoms with van der Waals surface area (Å²) in [5, 5.41) is 6.10. The molecule has 3 N–H and O–H groups in total. The van der Waals surface area contributed by atoms with Gasteiger partial charge in [-0.1, -0.05) is 17.2 Å². The summed E-state index contributed by atoms with van der Waals surface area (Å²) >= 11 is 0. The lowest BCUT2D eigenvalue weighted by molar-refractivity contribution is -0.120. The quantitative estimate of drug-likeness (QED) is 0.336. The van der Waals surface area contributed by atoms with E-state index in [1.54, 1.807) is 6.07 Å². The number of primary amides is 1. The van der Waals surface area contributed by atoms with E-state index in [1.165, 1.54) is 18.2 Å². The SMILES string of the molecule is [N-]=[N+]=NCCNC(C(N)=O)c1cccc(F)c1. The van der Waals surface area contributed by atoms with E-state index in [9.17, 15) is 9.18 Å². The second-order valence-electron chi connectivity index (χ2n) is 3.30. The number of carbonyl (C=O) groups is 1. The second-order valence-corrected chi connectivity index (χ2v) is 3.30. The monoisotopic (exact) mass is 237 g/mol. The van der Waals surface area contributed by atoms with Gasteiger partial charge in [0.05, 0.1) is 0 Å². The van der Waals surface area contributed by atoms with E-state index in [1.807, 2.05) is 0 Å². The van der Waals surface area contributed by atoms with Gasteiger partial charge in [-0.2, -0.15) is 0 Å². The van der Waals surface area contributed by atoms with Gasteiger partial charge in [0.25, 0.3) is 0 Å². The highest BCUT2D eigenvalue weighted by atomic mass is 19.1. The van der Waals surface area contributed by atoms with Crippen molar-refractivity contribution in [3.8, 4) is 0 Å². The molecule has 0 fully saturated rings. The van der Waals surface area contributed by atoms with E-state index in [0.717, 1.165) is 0 Å². The lowest BCUT2D eigenvalue weighted by Gasteiger charge is -2.15. The van der Waals surface area contributed by atoms with Gasteiger partial charge in [0.2, 0.25) is 5.91 Å². The predicted octanol–water partition coefficient (Wildman–Crippen LogP) is 1.25. The molecule has 17 heavy (non-hydrogen) atoms. The summed E-state index contributed by atoms with van der Waals surface area (Å²) in [6, 6.07) is 4.81. The molecule has 1 aromatic carbocycles. The summed E-state index contributed by atoms with van der Waals surface area (Å²) in [6.45, 7) is 0.476. The fraction of sp³-hybridized carbons (Fsp3) is 0.300. The second kappa shape index (κ2) is 6.47. The topological polar surface area (TPSA) is 104 Å². The Morgan fingerprint density at radius 3 is 3.00 bits per heavy atom. The Kier molecular flexibility index (Phi) is 4.93. The first-order valence-electron chi connectivity index (χ1n) is 4.94. The van der Waals surface area contributed by atoms with Crippen LogP contribution in [-0.4, -0.2) is 19.0 Å². The van der Waals surface area contributed by atoms with Crippen molar-refractivity contribution in [1.82, 2.24) is 5.32 Å². The van der Waals surface area contributed by atoms with Crippen molar-refractivity contribution < 1.29 is 9.18 Å². The van der Waals surface area contributed by atoms with Crippen LogP contribution in [0.25, 0.3) is 10.4 Å². The highest BCUT2D eigenvalue weighted by Gasteiger charge is 2.16. The normalized spacial score (nSPS) is 11.6. The number of azide groups is 1. The molecule has 0 aliphatic rings. The molecule has 0 saturated heterocycles. The van der Waals surface area contributed by atoms with Crippen molar-refractivity contribution in [1.29, 1.82) is 0 Å². The first kappa shape index (κ1) is 13.0. The number of nitrogens with zero attached hydrogens (tertiary/aromatic N) is 3. The molecule has 0 spiro atoms. The molecule has 1 rings (SSSR count). The standard InChI is InChI=1S/C10H12FN5O/c11-8-3-1-2-7(6-8)9(10(12)17)14-4-5-15-16-13/h1-3,6,9,14H,4-5H2,(H2,12,17). The average Bonchev–Trinajstić information content (AvgIpc) is 2.28. The van der Waals surface area contributed by atoms with Crippen LogP contribution in [-0.2, 0) is 4.79 Å². The largest absolute Gasteiger partial charge is 0.368 e. The molecule has 90 valence electrons. The van der Waals surface area contributed by atoms with Crippen LogP contribution < -0.4 is 11.1 Å². The van der Waals surface area contributed by atoms with Gasteiger partial charge in [0.15, 0.2) is 0 Å². The van der Waals surface area contributed by atoms with Crippen molar-refractivity contribution in [2.75, 3.05) is 13.1 Å². The molecule has 0 aliphatic carbocycles. The smallest absolute Gasteiger partial charge is 0.239 e. The number of benzene rings is 1. The lowest BCUT2D eigenvalue weighted by Crippen LogP contribution is -2.35. The number of halogens is 1. The van der Waals surface area contributed by atoms with Crippen LogP contribution in [0.5, 0.6) is 0 Å². The molecule has 0 radical (unpaired) electrons. The molecule has 1 unspecified atom stereocenters. The third-order valence-corrected chi connectivity index (χ3v) is 2.09. The predicted molar refractivity (Wildman–Crippen MR) is 60.4 cm³/mol. The van der Waals surface area contributed by atoms with Crippen molar-refractivity contribution in [3.63, 3.8) is 0 Å². The zero-order chi connectivity index (χ0) is 12.7. The molecule has 0 bridgehead atoms. The molecule has 1 atom stereocenters. The summed E-state index contributed by atoms with van der Waals surface area (Å²) in [7, 11) is 0. The molecule has 1 amide bonds. The van der Waals surface area contributed by atoms with Gasteiger partial charge in [-0.3, -0.25) is 4.79 Å². The molecule has 7 heteroatoms. The first-order chi connectivity index (χ1) is 8.15. The summed E-state index contributed by atoms with van der Waals surface area (Å²) in [4.78, 5) is 13.8. The van der Waals surface area contributed by atoms with Crippen LogP contribution in [0.15, 0.2) is 29.4 Å². The maximum absolute atomic E-state index is 13.0. The Morgan fingerprint density at radius 2 is 2.41 bits per heavy atom. The van der Waals surface area contributed by atoms with Crippen LogP contribution in [0.4, 0.5) is 4.39 Å². The fourth-order valence-corrected chi connectivity index (χ4v) is 1.37. The number of rotatable bonds is 6. The van der Waals surface area contributed by atoms with Gasteiger partial charge >= 0.3 is 0 Å². The van der Waals surface area contributed by atoms with Gasteiger partial charge in [-0.05, 0) is 23.2 Å². The Morgan fingerprint density at radius 1 is 1.65 bits per heavy atom. The minimum absolute atomic E-state index is 0.190. The van der Waals surface area contributed by atoms with E-state index < -0.39 is 17.8 Å². The van der Waals surface area contributed by atoms with E-state index in [-0.39, 0.29) is 13.1 Å². The minimum Gasteiger partial charge on any atom is -0.368 e. The van der Waals surface area contributed by atoms with Crippen molar-refractivity contribution >= 4 is 5.91 Å². The highest BCUT2D eigenvalue weighted by molar-refractivity contribution is 5.81. The highest BCUT2D eigenvalue weighted by Crippen LogP contribution is 2.13. The molecule has 0 aliphatic heterocycles. The van der Waals surface area contributed by atoms with E-state index >= 15 is 0 Å². The van der Waals surface area contributed by atoms with Gasteiger partial charge in [-0.25, -0.2) is 4.39 Å². The molecule has 0 heterocycles. The number of hydrogen-bond acceptors (Lipinski definition) is 3. The van der Waals surface area contributed by atoms with Crippen LogP contribution in [0.2, 0.25) is 0 Å². The third kappa shape index (κ3) is 4.10. The number of amides is 1. The molecule has 0 aromatic heterocycles. The Hall–Kier alpha value is -2.11. The molecule has 0 saturated carbocycles. The van der Waals surface area contributed by atoms with Gasteiger partial charge in [0, 0.05) is 18.0 Å². The number of nitrogens with two attached hydrogens (primary N) is 1. The lowest BCUT2D eigenvalue weighted by atomic mass is 10.1. The van der Waals surface area contributed by atoms with Crippen LogP contribution in [0, 0.1) is 5.82 Å². The van der Waals surface area contributed by atoms with Gasteiger partial charge in [-0.15, -0.1) is 0 Å². The summed E-state index contributed by atoms with van der Waals surface area (Å²) in [6.07, 6.45) is 0. The fourth-order valence-electron chi connectivity index (χ4n) is 1.37. The number of carbonyl (C=O) groups excluding carboxylic acids is 1. The number of hydrogen-bond donors (Lipinski definition) is 2. The third-order valence-electron chi connectivity index (χ3n) is 2.09. The Bertz CT molecular complexity index is 444. The molecule has 6 nitrogen and oxygen atoms in total.